The van der Waals surface area contributed by atoms with E-state index in [0.29, 0.717) is 17.7 Å². The molecule has 0 unspecified atom stereocenters. The van der Waals surface area contributed by atoms with Gasteiger partial charge in [0.05, 0.1) is 0 Å². The van der Waals surface area contributed by atoms with Crippen LogP contribution < -0.4 is 0 Å². The zero-order valence-corrected chi connectivity index (χ0v) is 8.43. The standard InChI is InChI=1S/C12H11NO2/c1-2-13-7-10-11(14)8-5-3-4-6-9(8)12(10)15/h3-7,10H,2H2,1H3. The molecule has 1 aromatic carbocycles. The molecule has 0 N–H and O–H groups in total. The van der Waals surface area contributed by atoms with E-state index >= 15 is 0 Å². The van der Waals surface area contributed by atoms with Crippen molar-refractivity contribution in [3.8, 4) is 0 Å². The van der Waals surface area contributed by atoms with Crippen molar-refractivity contribution in [2.75, 3.05) is 6.54 Å². The summed E-state index contributed by atoms with van der Waals surface area (Å²) >= 11 is 0. The Labute approximate surface area is 87.8 Å². The average Bonchev–Trinajstić information content (AvgIpc) is 2.51. The molecule has 1 aliphatic carbocycles. The van der Waals surface area contributed by atoms with E-state index in [1.54, 1.807) is 24.3 Å². The molecular weight excluding hydrogens is 190 g/mol. The number of Topliss-reactive ketones (excluding diaryl/α,β-unsaturated/α-hetero) is 2. The fourth-order valence-corrected chi connectivity index (χ4v) is 1.71. The van der Waals surface area contributed by atoms with Crippen LogP contribution in [0.15, 0.2) is 29.3 Å². The summed E-state index contributed by atoms with van der Waals surface area (Å²) in [7, 11) is 0. The van der Waals surface area contributed by atoms with Gasteiger partial charge in [-0.1, -0.05) is 24.3 Å². The Morgan fingerprint density at radius 2 is 1.73 bits per heavy atom. The Bertz CT molecular complexity index is 414. The van der Waals surface area contributed by atoms with Crippen LogP contribution in [0.4, 0.5) is 0 Å². The van der Waals surface area contributed by atoms with Gasteiger partial charge in [-0.3, -0.25) is 14.6 Å². The Morgan fingerprint density at radius 1 is 1.20 bits per heavy atom. The molecule has 0 saturated carbocycles. The van der Waals surface area contributed by atoms with Crippen molar-refractivity contribution < 1.29 is 9.59 Å². The van der Waals surface area contributed by atoms with Gasteiger partial charge in [-0.25, -0.2) is 0 Å². The second-order valence-electron chi connectivity index (χ2n) is 3.40. The quantitative estimate of drug-likeness (QED) is 0.540. The number of rotatable bonds is 2. The number of carbonyl (C=O) groups excluding carboxylic acids is 2. The predicted molar refractivity (Wildman–Crippen MR) is 57.6 cm³/mol. The van der Waals surface area contributed by atoms with Crippen molar-refractivity contribution in [3.05, 3.63) is 35.4 Å². The SMILES string of the molecule is CCN=CC1C(=O)c2ccccc2C1=O. The van der Waals surface area contributed by atoms with Crippen LogP contribution in [0.25, 0.3) is 0 Å². The molecule has 0 radical (unpaired) electrons. The zero-order valence-electron chi connectivity index (χ0n) is 8.43. The van der Waals surface area contributed by atoms with Crippen molar-refractivity contribution in [1.29, 1.82) is 0 Å². The van der Waals surface area contributed by atoms with Gasteiger partial charge in [-0.15, -0.1) is 0 Å². The van der Waals surface area contributed by atoms with Gasteiger partial charge in [0.2, 0.25) is 0 Å². The number of carbonyl (C=O) groups is 2. The minimum atomic E-state index is -0.692. The van der Waals surface area contributed by atoms with E-state index < -0.39 is 5.92 Å². The molecule has 0 saturated heterocycles. The van der Waals surface area contributed by atoms with Crippen LogP contribution in [0.5, 0.6) is 0 Å². The summed E-state index contributed by atoms with van der Waals surface area (Å²) in [6.45, 7) is 2.46. The maximum absolute atomic E-state index is 11.8. The first-order valence-electron chi connectivity index (χ1n) is 4.93. The van der Waals surface area contributed by atoms with Crippen LogP contribution in [0, 0.1) is 5.92 Å². The zero-order chi connectivity index (χ0) is 10.8. The molecule has 0 atom stereocenters. The summed E-state index contributed by atoms with van der Waals surface area (Å²) in [5.74, 6) is -0.956. The van der Waals surface area contributed by atoms with E-state index in [1.165, 1.54) is 6.21 Å². The smallest absolute Gasteiger partial charge is 0.179 e. The summed E-state index contributed by atoms with van der Waals surface area (Å²) in [5, 5.41) is 0. The van der Waals surface area contributed by atoms with Crippen molar-refractivity contribution >= 4 is 17.8 Å². The van der Waals surface area contributed by atoms with Crippen molar-refractivity contribution in [1.82, 2.24) is 0 Å². The third-order valence-corrected chi connectivity index (χ3v) is 2.46. The molecule has 3 nitrogen and oxygen atoms in total. The van der Waals surface area contributed by atoms with E-state index in [0.717, 1.165) is 0 Å². The van der Waals surface area contributed by atoms with Crippen LogP contribution in [0.1, 0.15) is 27.6 Å². The summed E-state index contributed by atoms with van der Waals surface area (Å²) in [6, 6.07) is 6.91. The molecule has 1 aromatic rings. The van der Waals surface area contributed by atoms with Crippen molar-refractivity contribution in [2.45, 2.75) is 6.92 Å². The van der Waals surface area contributed by atoms with E-state index in [4.69, 9.17) is 0 Å². The van der Waals surface area contributed by atoms with Gasteiger partial charge in [0, 0.05) is 23.9 Å². The Hall–Kier alpha value is -1.77. The third-order valence-electron chi connectivity index (χ3n) is 2.46. The molecule has 1 aliphatic rings. The monoisotopic (exact) mass is 201 g/mol. The molecule has 0 amide bonds. The second kappa shape index (κ2) is 3.77. The summed E-state index contributed by atoms with van der Waals surface area (Å²) < 4.78 is 0. The molecular formula is C12H11NO2. The number of benzene rings is 1. The lowest BCUT2D eigenvalue weighted by molar-refractivity contribution is 0.0886. The fourth-order valence-electron chi connectivity index (χ4n) is 1.71. The molecule has 0 heterocycles. The maximum atomic E-state index is 11.8. The Balaban J connectivity index is 2.41. The highest BCUT2D eigenvalue weighted by atomic mass is 16.2. The molecule has 0 spiro atoms. The third kappa shape index (κ3) is 1.50. The van der Waals surface area contributed by atoms with Gasteiger partial charge in [-0.05, 0) is 6.92 Å². The highest BCUT2D eigenvalue weighted by molar-refractivity contribution is 6.33. The van der Waals surface area contributed by atoms with E-state index in [1.807, 2.05) is 6.92 Å². The number of aliphatic imine (C=N–C) groups is 1. The van der Waals surface area contributed by atoms with E-state index in [9.17, 15) is 9.59 Å². The summed E-state index contributed by atoms with van der Waals surface area (Å²) in [5.41, 5.74) is 1.05. The van der Waals surface area contributed by atoms with E-state index in [2.05, 4.69) is 4.99 Å². The predicted octanol–water partition coefficient (Wildman–Crippen LogP) is 1.77. The van der Waals surface area contributed by atoms with E-state index in [-0.39, 0.29) is 11.6 Å². The number of hydrogen-bond donors (Lipinski definition) is 0. The number of fused-ring (bicyclic) bond motifs is 1. The van der Waals surface area contributed by atoms with Gasteiger partial charge in [0.25, 0.3) is 0 Å². The molecule has 0 fully saturated rings. The molecule has 3 heteroatoms. The lowest BCUT2D eigenvalue weighted by atomic mass is 10.1. The van der Waals surface area contributed by atoms with Gasteiger partial charge >= 0.3 is 0 Å². The van der Waals surface area contributed by atoms with Crippen molar-refractivity contribution in [3.63, 3.8) is 0 Å². The number of nitrogens with zero attached hydrogens (tertiary/aromatic N) is 1. The fraction of sp³-hybridized carbons (Fsp3) is 0.250. The van der Waals surface area contributed by atoms with Gasteiger partial charge in [0.15, 0.2) is 11.6 Å². The van der Waals surface area contributed by atoms with Crippen LogP contribution in [-0.2, 0) is 0 Å². The van der Waals surface area contributed by atoms with Gasteiger partial charge in [0.1, 0.15) is 5.92 Å². The molecule has 0 aromatic heterocycles. The lowest BCUT2D eigenvalue weighted by Crippen LogP contribution is -2.16. The minimum absolute atomic E-state index is 0.132. The van der Waals surface area contributed by atoms with Crippen LogP contribution in [0.2, 0.25) is 0 Å². The van der Waals surface area contributed by atoms with Gasteiger partial charge < -0.3 is 0 Å². The molecule has 76 valence electrons. The summed E-state index contributed by atoms with van der Waals surface area (Å²) in [4.78, 5) is 27.6. The summed E-state index contributed by atoms with van der Waals surface area (Å²) in [6.07, 6.45) is 1.46. The normalized spacial score (nSPS) is 16.3. The highest BCUT2D eigenvalue weighted by Crippen LogP contribution is 2.25. The maximum Gasteiger partial charge on any atom is 0.179 e. The van der Waals surface area contributed by atoms with Crippen LogP contribution in [-0.4, -0.2) is 24.3 Å². The molecule has 15 heavy (non-hydrogen) atoms. The minimum Gasteiger partial charge on any atom is -0.297 e. The molecule has 2 rings (SSSR count). The molecule has 0 bridgehead atoms. The first kappa shape index (κ1) is 9.77. The number of hydrogen-bond acceptors (Lipinski definition) is 3. The van der Waals surface area contributed by atoms with Crippen LogP contribution >= 0.6 is 0 Å². The van der Waals surface area contributed by atoms with Crippen LogP contribution in [0.3, 0.4) is 0 Å². The Kier molecular flexibility index (Phi) is 2.46. The Morgan fingerprint density at radius 3 is 2.20 bits per heavy atom. The largest absolute Gasteiger partial charge is 0.297 e. The first-order chi connectivity index (χ1) is 7.25. The first-order valence-corrected chi connectivity index (χ1v) is 4.93. The topological polar surface area (TPSA) is 46.5 Å². The average molecular weight is 201 g/mol. The van der Waals surface area contributed by atoms with Crippen molar-refractivity contribution in [2.24, 2.45) is 10.9 Å². The van der Waals surface area contributed by atoms with Gasteiger partial charge in [-0.2, -0.15) is 0 Å². The second-order valence-corrected chi connectivity index (χ2v) is 3.40. The number of ketones is 2. The highest BCUT2D eigenvalue weighted by Gasteiger charge is 2.36. The lowest BCUT2D eigenvalue weighted by Gasteiger charge is -1.96. The molecule has 0 aliphatic heterocycles.